The van der Waals surface area contributed by atoms with Crippen LogP contribution in [0, 0.1) is 11.7 Å². The third kappa shape index (κ3) is 3.81. The second-order valence-corrected chi connectivity index (χ2v) is 4.24. The number of halogens is 1. The summed E-state index contributed by atoms with van der Waals surface area (Å²) in [5.74, 6) is 0.352. The fourth-order valence-electron chi connectivity index (χ4n) is 1.78. The Balaban J connectivity index is 2.52. The van der Waals surface area contributed by atoms with Crippen LogP contribution in [-0.4, -0.2) is 26.7 Å². The molecule has 16 heavy (non-hydrogen) atoms. The largest absolute Gasteiger partial charge is 0.372 e. The Morgan fingerprint density at radius 3 is 2.69 bits per heavy atom. The highest BCUT2D eigenvalue weighted by molar-refractivity contribution is 5.46. The SMILES string of the molecule is CCNCC(C)CN(C)c1ccccc1F. The zero-order valence-electron chi connectivity index (χ0n) is 10.3. The third-order valence-corrected chi connectivity index (χ3v) is 2.59. The standard InChI is InChI=1S/C13H21FN2/c1-4-15-9-11(2)10-16(3)13-8-6-5-7-12(13)14/h5-8,11,15H,4,9-10H2,1-3H3. The first kappa shape index (κ1) is 13.0. The zero-order valence-corrected chi connectivity index (χ0v) is 10.3. The molecule has 0 fully saturated rings. The first-order valence-corrected chi connectivity index (χ1v) is 5.81. The highest BCUT2D eigenvalue weighted by Gasteiger charge is 2.09. The molecule has 0 spiro atoms. The summed E-state index contributed by atoms with van der Waals surface area (Å²) in [5, 5.41) is 3.30. The van der Waals surface area contributed by atoms with Gasteiger partial charge in [-0.2, -0.15) is 0 Å². The molecular formula is C13H21FN2. The van der Waals surface area contributed by atoms with E-state index in [0.717, 1.165) is 19.6 Å². The molecule has 0 saturated carbocycles. The fraction of sp³-hybridized carbons (Fsp3) is 0.538. The van der Waals surface area contributed by atoms with E-state index >= 15 is 0 Å². The van der Waals surface area contributed by atoms with Crippen LogP contribution in [0.15, 0.2) is 24.3 Å². The zero-order chi connectivity index (χ0) is 12.0. The molecular weight excluding hydrogens is 203 g/mol. The summed E-state index contributed by atoms with van der Waals surface area (Å²) in [6.45, 7) is 7.06. The molecule has 0 bridgehead atoms. The Morgan fingerprint density at radius 2 is 2.06 bits per heavy atom. The lowest BCUT2D eigenvalue weighted by molar-refractivity contribution is 0.518. The van der Waals surface area contributed by atoms with E-state index in [-0.39, 0.29) is 5.82 Å². The molecule has 0 aliphatic rings. The molecule has 1 unspecified atom stereocenters. The molecule has 1 rings (SSSR count). The Kier molecular flexibility index (Phi) is 5.26. The van der Waals surface area contributed by atoms with Crippen LogP contribution in [0.2, 0.25) is 0 Å². The summed E-state index contributed by atoms with van der Waals surface area (Å²) in [6.07, 6.45) is 0. The van der Waals surface area contributed by atoms with Crippen LogP contribution in [0.5, 0.6) is 0 Å². The first-order valence-electron chi connectivity index (χ1n) is 5.81. The molecule has 1 atom stereocenters. The van der Waals surface area contributed by atoms with Crippen molar-refractivity contribution in [2.45, 2.75) is 13.8 Å². The topological polar surface area (TPSA) is 15.3 Å². The summed E-state index contributed by atoms with van der Waals surface area (Å²) in [5.41, 5.74) is 0.672. The predicted molar refractivity (Wildman–Crippen MR) is 67.4 cm³/mol. The second kappa shape index (κ2) is 6.48. The van der Waals surface area contributed by atoms with E-state index in [2.05, 4.69) is 19.2 Å². The van der Waals surface area contributed by atoms with E-state index in [9.17, 15) is 4.39 Å². The van der Waals surface area contributed by atoms with Crippen molar-refractivity contribution in [2.75, 3.05) is 31.6 Å². The molecule has 90 valence electrons. The highest BCUT2D eigenvalue weighted by atomic mass is 19.1. The van der Waals surface area contributed by atoms with Crippen molar-refractivity contribution in [3.05, 3.63) is 30.1 Å². The van der Waals surface area contributed by atoms with Gasteiger partial charge in [0.2, 0.25) is 0 Å². The lowest BCUT2D eigenvalue weighted by atomic mass is 10.1. The van der Waals surface area contributed by atoms with Crippen LogP contribution in [-0.2, 0) is 0 Å². The Bertz CT molecular complexity index is 315. The van der Waals surface area contributed by atoms with Gasteiger partial charge in [-0.1, -0.05) is 26.0 Å². The van der Waals surface area contributed by atoms with Gasteiger partial charge in [-0.05, 0) is 31.1 Å². The number of benzene rings is 1. The van der Waals surface area contributed by atoms with Gasteiger partial charge in [0.25, 0.3) is 0 Å². The quantitative estimate of drug-likeness (QED) is 0.798. The fourth-order valence-corrected chi connectivity index (χ4v) is 1.78. The maximum Gasteiger partial charge on any atom is 0.146 e. The van der Waals surface area contributed by atoms with Crippen LogP contribution in [0.3, 0.4) is 0 Å². The van der Waals surface area contributed by atoms with Gasteiger partial charge in [-0.15, -0.1) is 0 Å². The van der Waals surface area contributed by atoms with Crippen molar-refractivity contribution < 1.29 is 4.39 Å². The summed E-state index contributed by atoms with van der Waals surface area (Å²) in [4.78, 5) is 1.97. The molecule has 0 radical (unpaired) electrons. The van der Waals surface area contributed by atoms with Gasteiger partial charge in [-0.25, -0.2) is 4.39 Å². The molecule has 2 nitrogen and oxygen atoms in total. The molecule has 1 N–H and O–H groups in total. The average molecular weight is 224 g/mol. The van der Waals surface area contributed by atoms with Gasteiger partial charge >= 0.3 is 0 Å². The van der Waals surface area contributed by atoms with Crippen LogP contribution in [0.1, 0.15) is 13.8 Å². The molecule has 0 aliphatic carbocycles. The molecule has 0 aromatic heterocycles. The van der Waals surface area contributed by atoms with E-state index in [4.69, 9.17) is 0 Å². The minimum Gasteiger partial charge on any atom is -0.372 e. The monoisotopic (exact) mass is 224 g/mol. The lowest BCUT2D eigenvalue weighted by Gasteiger charge is -2.24. The smallest absolute Gasteiger partial charge is 0.146 e. The van der Waals surface area contributed by atoms with Gasteiger partial charge in [0.1, 0.15) is 5.82 Å². The molecule has 3 heteroatoms. The van der Waals surface area contributed by atoms with Gasteiger partial charge in [-0.3, -0.25) is 0 Å². The lowest BCUT2D eigenvalue weighted by Crippen LogP contribution is -2.31. The number of para-hydroxylation sites is 1. The van der Waals surface area contributed by atoms with Crippen molar-refractivity contribution >= 4 is 5.69 Å². The average Bonchev–Trinajstić information content (AvgIpc) is 2.26. The molecule has 0 saturated heterocycles. The van der Waals surface area contributed by atoms with E-state index in [0.29, 0.717) is 11.6 Å². The predicted octanol–water partition coefficient (Wildman–Crippen LogP) is 2.51. The number of nitrogens with zero attached hydrogens (tertiary/aromatic N) is 1. The molecule has 0 heterocycles. The van der Waals surface area contributed by atoms with Gasteiger partial charge in [0, 0.05) is 13.6 Å². The van der Waals surface area contributed by atoms with Crippen molar-refractivity contribution in [3.8, 4) is 0 Å². The van der Waals surface area contributed by atoms with Gasteiger partial charge in [0.15, 0.2) is 0 Å². The minimum atomic E-state index is -0.152. The molecule has 1 aromatic carbocycles. The number of anilines is 1. The van der Waals surface area contributed by atoms with E-state index in [1.165, 1.54) is 6.07 Å². The van der Waals surface area contributed by atoms with Crippen molar-refractivity contribution in [3.63, 3.8) is 0 Å². The number of hydrogen-bond acceptors (Lipinski definition) is 2. The van der Waals surface area contributed by atoms with E-state index in [1.54, 1.807) is 6.07 Å². The molecule has 1 aromatic rings. The van der Waals surface area contributed by atoms with E-state index < -0.39 is 0 Å². The molecule has 0 aliphatic heterocycles. The number of hydrogen-bond donors (Lipinski definition) is 1. The summed E-state index contributed by atoms with van der Waals surface area (Å²) >= 11 is 0. The first-order chi connectivity index (χ1) is 7.65. The van der Waals surface area contributed by atoms with Crippen molar-refractivity contribution in [2.24, 2.45) is 5.92 Å². The van der Waals surface area contributed by atoms with Gasteiger partial charge in [0.05, 0.1) is 5.69 Å². The maximum atomic E-state index is 13.5. The van der Waals surface area contributed by atoms with Crippen molar-refractivity contribution in [1.29, 1.82) is 0 Å². The third-order valence-electron chi connectivity index (χ3n) is 2.59. The van der Waals surface area contributed by atoms with E-state index in [1.807, 2.05) is 24.1 Å². The Morgan fingerprint density at radius 1 is 1.38 bits per heavy atom. The Labute approximate surface area is 97.5 Å². The van der Waals surface area contributed by atoms with Crippen LogP contribution < -0.4 is 10.2 Å². The highest BCUT2D eigenvalue weighted by Crippen LogP contribution is 2.17. The summed E-state index contributed by atoms with van der Waals surface area (Å²) < 4.78 is 13.5. The van der Waals surface area contributed by atoms with Crippen LogP contribution >= 0.6 is 0 Å². The second-order valence-electron chi connectivity index (χ2n) is 4.24. The normalized spacial score (nSPS) is 12.5. The summed E-state index contributed by atoms with van der Waals surface area (Å²) in [7, 11) is 1.93. The molecule has 0 amide bonds. The Hall–Kier alpha value is -1.09. The van der Waals surface area contributed by atoms with Crippen LogP contribution in [0.25, 0.3) is 0 Å². The summed E-state index contributed by atoms with van der Waals surface area (Å²) in [6, 6.07) is 6.90. The maximum absolute atomic E-state index is 13.5. The number of nitrogens with one attached hydrogen (secondary N) is 1. The van der Waals surface area contributed by atoms with Gasteiger partial charge < -0.3 is 10.2 Å². The minimum absolute atomic E-state index is 0.152. The van der Waals surface area contributed by atoms with Crippen molar-refractivity contribution in [1.82, 2.24) is 5.32 Å². The number of rotatable bonds is 6. The van der Waals surface area contributed by atoms with Crippen LogP contribution in [0.4, 0.5) is 10.1 Å².